The Labute approximate surface area is 68.6 Å². The molecule has 6 nitrogen and oxygen atoms in total. The molecule has 0 aliphatic carbocycles. The Morgan fingerprint density at radius 1 is 1.33 bits per heavy atom. The van der Waals surface area contributed by atoms with Gasteiger partial charge in [0.2, 0.25) is 0 Å². The standard InChI is InChI=1S/C6H8N4O2/c7-10(12)9(8-11)6-4-2-1-3-5-6/h1-5,12H,7H2. The number of benzene rings is 1. The minimum Gasteiger partial charge on any atom is -0.279 e. The molecule has 1 rings (SSSR count). The largest absolute Gasteiger partial charge is 0.279 e. The highest BCUT2D eigenvalue weighted by Gasteiger charge is 2.09. The van der Waals surface area contributed by atoms with Crippen molar-refractivity contribution in [1.82, 2.24) is 5.28 Å². The zero-order valence-electron chi connectivity index (χ0n) is 6.16. The van der Waals surface area contributed by atoms with Gasteiger partial charge >= 0.3 is 0 Å². The molecule has 1 aromatic rings. The van der Waals surface area contributed by atoms with E-state index >= 15 is 0 Å². The topological polar surface area (TPSA) is 82.2 Å². The van der Waals surface area contributed by atoms with E-state index in [2.05, 4.69) is 5.29 Å². The molecule has 3 N–H and O–H groups in total. The van der Waals surface area contributed by atoms with Gasteiger partial charge < -0.3 is 0 Å². The van der Waals surface area contributed by atoms with Gasteiger partial charge in [-0.2, -0.15) is 0 Å². The molecule has 0 fully saturated rings. The lowest BCUT2D eigenvalue weighted by molar-refractivity contribution is -0.105. The van der Waals surface area contributed by atoms with Crippen LogP contribution in [0.2, 0.25) is 0 Å². The fraction of sp³-hybridized carbons (Fsp3) is 0. The van der Waals surface area contributed by atoms with Crippen molar-refractivity contribution >= 4 is 5.69 Å². The molecular weight excluding hydrogens is 160 g/mol. The van der Waals surface area contributed by atoms with Crippen molar-refractivity contribution < 1.29 is 5.21 Å². The Morgan fingerprint density at radius 3 is 2.33 bits per heavy atom. The first-order valence-electron chi connectivity index (χ1n) is 3.18. The smallest absolute Gasteiger partial charge is 0.0853 e. The zero-order chi connectivity index (χ0) is 8.97. The van der Waals surface area contributed by atoms with Gasteiger partial charge in [-0.05, 0) is 17.4 Å². The summed E-state index contributed by atoms with van der Waals surface area (Å²) in [5.41, 5.74) is 0.387. The lowest BCUT2D eigenvalue weighted by Gasteiger charge is -2.18. The third-order valence-electron chi connectivity index (χ3n) is 1.26. The molecule has 0 saturated carbocycles. The van der Waals surface area contributed by atoms with E-state index in [9.17, 15) is 4.91 Å². The molecule has 0 heterocycles. The van der Waals surface area contributed by atoms with Gasteiger partial charge in [-0.1, -0.05) is 18.2 Å². The van der Waals surface area contributed by atoms with Crippen molar-refractivity contribution in [3.8, 4) is 0 Å². The second kappa shape index (κ2) is 3.77. The average Bonchev–Trinajstić information content (AvgIpc) is 2.07. The molecule has 0 bridgehead atoms. The first-order chi connectivity index (χ1) is 5.75. The van der Waals surface area contributed by atoms with E-state index in [1.807, 2.05) is 0 Å². The molecule has 0 aliphatic heterocycles. The molecule has 0 saturated heterocycles. The van der Waals surface area contributed by atoms with Crippen molar-refractivity contribution in [2.45, 2.75) is 0 Å². The summed E-state index contributed by atoms with van der Waals surface area (Å²) in [5.74, 6) is 4.90. The van der Waals surface area contributed by atoms with Crippen LogP contribution >= 0.6 is 0 Å². The Hall–Kier alpha value is -1.50. The molecule has 0 spiro atoms. The van der Waals surface area contributed by atoms with Crippen LogP contribution in [0.1, 0.15) is 0 Å². The van der Waals surface area contributed by atoms with E-state index in [4.69, 9.17) is 11.0 Å². The summed E-state index contributed by atoms with van der Waals surface area (Å²) in [6.07, 6.45) is 0. The van der Waals surface area contributed by atoms with Gasteiger partial charge in [0.25, 0.3) is 0 Å². The summed E-state index contributed by atoms with van der Waals surface area (Å²) >= 11 is 0. The van der Waals surface area contributed by atoms with E-state index in [0.29, 0.717) is 10.8 Å². The quantitative estimate of drug-likeness (QED) is 0.393. The number of hydrogen-bond acceptors (Lipinski definition) is 5. The molecule has 0 atom stereocenters. The predicted molar refractivity (Wildman–Crippen MR) is 42.5 cm³/mol. The third-order valence-corrected chi connectivity index (χ3v) is 1.26. The number of nitroso groups, excluding NO2 is 1. The molecule has 12 heavy (non-hydrogen) atoms. The molecule has 0 aromatic heterocycles. The second-order valence-corrected chi connectivity index (χ2v) is 2.03. The number of nitrogens with two attached hydrogens (primary N) is 1. The first kappa shape index (κ1) is 8.60. The summed E-state index contributed by atoms with van der Waals surface area (Å²) in [5, 5.41) is 11.9. The van der Waals surface area contributed by atoms with Crippen LogP contribution in [0.5, 0.6) is 0 Å². The van der Waals surface area contributed by atoms with Crippen LogP contribution in [0, 0.1) is 4.91 Å². The van der Waals surface area contributed by atoms with Crippen LogP contribution in [0.3, 0.4) is 0 Å². The van der Waals surface area contributed by atoms with Crippen LogP contribution < -0.4 is 11.0 Å². The van der Waals surface area contributed by atoms with Gasteiger partial charge in [-0.15, -0.1) is 10.0 Å². The van der Waals surface area contributed by atoms with Gasteiger partial charge in [-0.25, -0.2) is 5.84 Å². The summed E-state index contributed by atoms with van der Waals surface area (Å²) in [6, 6.07) is 8.31. The fourth-order valence-corrected chi connectivity index (χ4v) is 0.764. The highest BCUT2D eigenvalue weighted by Crippen LogP contribution is 2.12. The third kappa shape index (κ3) is 1.76. The van der Waals surface area contributed by atoms with E-state index in [0.717, 1.165) is 0 Å². The van der Waals surface area contributed by atoms with Gasteiger partial charge in [0.05, 0.1) is 11.0 Å². The van der Waals surface area contributed by atoms with Crippen molar-refractivity contribution in [2.75, 3.05) is 5.12 Å². The molecule has 0 unspecified atom stereocenters. The SMILES string of the molecule is NN(O)N(N=O)c1ccccc1. The molecule has 6 heteroatoms. The van der Waals surface area contributed by atoms with Crippen LogP contribution in [0.15, 0.2) is 35.6 Å². The zero-order valence-corrected chi connectivity index (χ0v) is 6.16. The van der Waals surface area contributed by atoms with Crippen LogP contribution in [0.4, 0.5) is 5.69 Å². The number of hydrogen-bond donors (Lipinski definition) is 2. The van der Waals surface area contributed by atoms with Crippen molar-refractivity contribution in [2.24, 2.45) is 11.1 Å². The monoisotopic (exact) mass is 168 g/mol. The van der Waals surface area contributed by atoms with Crippen LogP contribution in [-0.2, 0) is 0 Å². The Kier molecular flexibility index (Phi) is 2.70. The maximum Gasteiger partial charge on any atom is 0.0853 e. The molecule has 1 aromatic carbocycles. The molecule has 0 radical (unpaired) electrons. The molecule has 64 valence electrons. The summed E-state index contributed by atoms with van der Waals surface area (Å²) < 4.78 is 0. The van der Waals surface area contributed by atoms with Gasteiger partial charge in [0.1, 0.15) is 0 Å². The minimum absolute atomic E-state index is 0.113. The van der Waals surface area contributed by atoms with Crippen molar-refractivity contribution in [1.29, 1.82) is 0 Å². The van der Waals surface area contributed by atoms with E-state index < -0.39 is 0 Å². The Morgan fingerprint density at radius 2 is 1.92 bits per heavy atom. The van der Waals surface area contributed by atoms with Crippen LogP contribution in [0.25, 0.3) is 0 Å². The normalized spacial score (nSPS) is 9.92. The Balaban J connectivity index is 2.88. The molecule has 0 amide bonds. The maximum absolute atomic E-state index is 10.1. The summed E-state index contributed by atoms with van der Waals surface area (Å²) in [4.78, 5) is 10.1. The molecular formula is C6H8N4O2. The summed E-state index contributed by atoms with van der Waals surface area (Å²) in [6.45, 7) is 0. The summed E-state index contributed by atoms with van der Waals surface area (Å²) in [7, 11) is 0. The number of hydrazine groups is 2. The second-order valence-electron chi connectivity index (χ2n) is 2.03. The lowest BCUT2D eigenvalue weighted by atomic mass is 10.3. The van der Waals surface area contributed by atoms with E-state index in [1.54, 1.807) is 30.3 Å². The minimum atomic E-state index is 0.113. The van der Waals surface area contributed by atoms with Gasteiger partial charge in [0.15, 0.2) is 0 Å². The highest BCUT2D eigenvalue weighted by atomic mass is 16.6. The Bertz CT molecular complexity index is 251. The van der Waals surface area contributed by atoms with Crippen LogP contribution in [-0.4, -0.2) is 10.5 Å². The van der Waals surface area contributed by atoms with E-state index in [-0.39, 0.29) is 5.28 Å². The molecule has 0 aliphatic rings. The highest BCUT2D eigenvalue weighted by molar-refractivity contribution is 5.43. The van der Waals surface area contributed by atoms with Crippen molar-refractivity contribution in [3.63, 3.8) is 0 Å². The average molecular weight is 168 g/mol. The lowest BCUT2D eigenvalue weighted by Crippen LogP contribution is -2.41. The van der Waals surface area contributed by atoms with Crippen molar-refractivity contribution in [3.05, 3.63) is 35.2 Å². The maximum atomic E-state index is 10.1. The van der Waals surface area contributed by atoms with Gasteiger partial charge in [-0.3, -0.25) is 5.21 Å². The van der Waals surface area contributed by atoms with E-state index in [1.165, 1.54) is 0 Å². The number of para-hydroxylation sites is 1. The van der Waals surface area contributed by atoms with Gasteiger partial charge in [0, 0.05) is 0 Å². The number of rotatable bonds is 3. The number of anilines is 1. The predicted octanol–water partition coefficient (Wildman–Crippen LogP) is 0.654. The fourth-order valence-electron chi connectivity index (χ4n) is 0.764. The number of nitrogens with zero attached hydrogens (tertiary/aromatic N) is 3. The first-order valence-corrected chi connectivity index (χ1v) is 3.18.